The van der Waals surface area contributed by atoms with Crippen molar-refractivity contribution in [1.29, 1.82) is 0 Å². The molecule has 0 fully saturated rings. The Kier molecular flexibility index (Phi) is 7.59. The van der Waals surface area contributed by atoms with Crippen LogP contribution >= 0.6 is 0 Å². The molecule has 0 saturated carbocycles. The Hall–Kier alpha value is -2.04. The van der Waals surface area contributed by atoms with Gasteiger partial charge in [-0.05, 0) is 36.6 Å². The number of hydrogen-bond donors (Lipinski definition) is 2. The van der Waals surface area contributed by atoms with Crippen molar-refractivity contribution in [3.63, 3.8) is 0 Å². The number of aliphatic hydroxyl groups is 1. The summed E-state index contributed by atoms with van der Waals surface area (Å²) in [6.07, 6.45) is 0.455. The van der Waals surface area contributed by atoms with Crippen LogP contribution in [-0.2, 0) is 6.54 Å². The Morgan fingerprint density at radius 1 is 1.00 bits per heavy atom. The molecular weight excluding hydrogens is 302 g/mol. The Morgan fingerprint density at radius 2 is 1.79 bits per heavy atom. The molecule has 0 amide bonds. The zero-order chi connectivity index (χ0) is 17.2. The standard InChI is InChI=1S/C20H27NO3/c1-3-12-24-19-11-10-16(13-20(19)23-4-2)14-21-15-18(22)17-8-6-5-7-9-17/h5-11,13,18,21-22H,3-4,12,14-15H2,1-2H3/t18-/m0/s1. The van der Waals surface area contributed by atoms with Crippen molar-refractivity contribution in [3.8, 4) is 11.5 Å². The molecule has 1 atom stereocenters. The van der Waals surface area contributed by atoms with Gasteiger partial charge in [-0.1, -0.05) is 43.3 Å². The van der Waals surface area contributed by atoms with Crippen molar-refractivity contribution in [2.24, 2.45) is 0 Å². The molecule has 4 nitrogen and oxygen atoms in total. The highest BCUT2D eigenvalue weighted by Gasteiger charge is 2.08. The van der Waals surface area contributed by atoms with E-state index in [9.17, 15) is 5.11 Å². The third-order valence-electron chi connectivity index (χ3n) is 3.62. The van der Waals surface area contributed by atoms with Crippen LogP contribution in [0.4, 0.5) is 0 Å². The molecule has 24 heavy (non-hydrogen) atoms. The van der Waals surface area contributed by atoms with Crippen molar-refractivity contribution >= 4 is 0 Å². The maximum absolute atomic E-state index is 10.2. The van der Waals surface area contributed by atoms with Crippen LogP contribution in [0.3, 0.4) is 0 Å². The van der Waals surface area contributed by atoms with E-state index >= 15 is 0 Å². The summed E-state index contributed by atoms with van der Waals surface area (Å²) in [5.41, 5.74) is 2.02. The molecule has 2 aromatic rings. The number of nitrogens with one attached hydrogen (secondary N) is 1. The lowest BCUT2D eigenvalue weighted by atomic mass is 10.1. The normalized spacial score (nSPS) is 12.0. The Balaban J connectivity index is 1.91. The average molecular weight is 329 g/mol. The van der Waals surface area contributed by atoms with E-state index in [1.54, 1.807) is 0 Å². The monoisotopic (exact) mass is 329 g/mol. The highest BCUT2D eigenvalue weighted by molar-refractivity contribution is 5.43. The summed E-state index contributed by atoms with van der Waals surface area (Å²) in [4.78, 5) is 0. The number of benzene rings is 2. The molecule has 0 heterocycles. The molecule has 2 aromatic carbocycles. The molecule has 0 aliphatic rings. The van der Waals surface area contributed by atoms with Crippen LogP contribution < -0.4 is 14.8 Å². The summed E-state index contributed by atoms with van der Waals surface area (Å²) in [5.74, 6) is 1.56. The maximum Gasteiger partial charge on any atom is 0.161 e. The second kappa shape index (κ2) is 9.96. The molecule has 2 rings (SSSR count). The molecular formula is C20H27NO3. The quantitative estimate of drug-likeness (QED) is 0.698. The molecule has 0 bridgehead atoms. The van der Waals surface area contributed by atoms with Gasteiger partial charge >= 0.3 is 0 Å². The minimum atomic E-state index is -0.510. The van der Waals surface area contributed by atoms with E-state index in [0.29, 0.717) is 26.3 Å². The van der Waals surface area contributed by atoms with E-state index in [4.69, 9.17) is 9.47 Å². The van der Waals surface area contributed by atoms with Gasteiger partial charge in [-0.15, -0.1) is 0 Å². The topological polar surface area (TPSA) is 50.7 Å². The van der Waals surface area contributed by atoms with Gasteiger partial charge in [0, 0.05) is 13.1 Å². The van der Waals surface area contributed by atoms with E-state index in [1.165, 1.54) is 0 Å². The Bertz CT molecular complexity index is 601. The van der Waals surface area contributed by atoms with Crippen molar-refractivity contribution in [1.82, 2.24) is 5.32 Å². The second-order valence-electron chi connectivity index (χ2n) is 5.62. The fraction of sp³-hybridized carbons (Fsp3) is 0.400. The summed E-state index contributed by atoms with van der Waals surface area (Å²) in [6, 6.07) is 15.6. The van der Waals surface area contributed by atoms with E-state index in [1.807, 2.05) is 55.5 Å². The zero-order valence-electron chi connectivity index (χ0n) is 14.5. The first kappa shape index (κ1) is 18.3. The van der Waals surface area contributed by atoms with Gasteiger partial charge in [0.15, 0.2) is 11.5 Å². The van der Waals surface area contributed by atoms with Crippen LogP contribution in [-0.4, -0.2) is 24.9 Å². The smallest absolute Gasteiger partial charge is 0.161 e. The lowest BCUT2D eigenvalue weighted by Gasteiger charge is -2.15. The van der Waals surface area contributed by atoms with Crippen LogP contribution in [0.15, 0.2) is 48.5 Å². The summed E-state index contributed by atoms with van der Waals surface area (Å²) < 4.78 is 11.4. The number of ether oxygens (including phenoxy) is 2. The summed E-state index contributed by atoms with van der Waals surface area (Å²) in [5, 5.41) is 13.5. The third kappa shape index (κ3) is 5.55. The van der Waals surface area contributed by atoms with Crippen LogP contribution in [0.25, 0.3) is 0 Å². The molecule has 0 radical (unpaired) electrons. The van der Waals surface area contributed by atoms with Crippen LogP contribution in [0, 0.1) is 0 Å². The largest absolute Gasteiger partial charge is 0.490 e. The van der Waals surface area contributed by atoms with Crippen molar-refractivity contribution in [3.05, 3.63) is 59.7 Å². The SMILES string of the molecule is CCCOc1ccc(CNC[C@H](O)c2ccccc2)cc1OCC. The molecule has 0 aliphatic carbocycles. The molecule has 130 valence electrons. The first-order valence-electron chi connectivity index (χ1n) is 8.56. The van der Waals surface area contributed by atoms with E-state index in [0.717, 1.165) is 29.0 Å². The molecule has 2 N–H and O–H groups in total. The van der Waals surface area contributed by atoms with Crippen molar-refractivity contribution < 1.29 is 14.6 Å². The predicted molar refractivity (Wildman–Crippen MR) is 96.5 cm³/mol. The lowest BCUT2D eigenvalue weighted by Crippen LogP contribution is -2.21. The van der Waals surface area contributed by atoms with Crippen LogP contribution in [0.5, 0.6) is 11.5 Å². The van der Waals surface area contributed by atoms with Gasteiger partial charge in [-0.2, -0.15) is 0 Å². The van der Waals surface area contributed by atoms with Crippen molar-refractivity contribution in [2.75, 3.05) is 19.8 Å². The van der Waals surface area contributed by atoms with E-state index in [-0.39, 0.29) is 0 Å². The highest BCUT2D eigenvalue weighted by Crippen LogP contribution is 2.28. The molecule has 0 aliphatic heterocycles. The lowest BCUT2D eigenvalue weighted by molar-refractivity contribution is 0.174. The van der Waals surface area contributed by atoms with E-state index in [2.05, 4.69) is 12.2 Å². The molecule has 0 saturated heterocycles. The first-order chi connectivity index (χ1) is 11.7. The van der Waals surface area contributed by atoms with Gasteiger partial charge in [-0.3, -0.25) is 0 Å². The maximum atomic E-state index is 10.2. The van der Waals surface area contributed by atoms with Gasteiger partial charge < -0.3 is 19.9 Å². The average Bonchev–Trinajstić information content (AvgIpc) is 2.62. The minimum Gasteiger partial charge on any atom is -0.490 e. The third-order valence-corrected chi connectivity index (χ3v) is 3.62. The summed E-state index contributed by atoms with van der Waals surface area (Å²) in [7, 11) is 0. The van der Waals surface area contributed by atoms with Crippen LogP contribution in [0.1, 0.15) is 37.5 Å². The fourth-order valence-corrected chi connectivity index (χ4v) is 2.41. The Morgan fingerprint density at radius 3 is 2.50 bits per heavy atom. The first-order valence-corrected chi connectivity index (χ1v) is 8.56. The molecule has 0 aromatic heterocycles. The van der Waals surface area contributed by atoms with Gasteiger partial charge in [0.05, 0.1) is 19.3 Å². The number of hydrogen-bond acceptors (Lipinski definition) is 4. The predicted octanol–water partition coefficient (Wildman–Crippen LogP) is 3.70. The highest BCUT2D eigenvalue weighted by atomic mass is 16.5. The summed E-state index contributed by atoms with van der Waals surface area (Å²) in [6.45, 7) is 6.49. The van der Waals surface area contributed by atoms with Gasteiger partial charge in [0.1, 0.15) is 0 Å². The molecule has 0 spiro atoms. The molecule has 4 heteroatoms. The summed E-state index contributed by atoms with van der Waals surface area (Å²) >= 11 is 0. The Labute approximate surface area is 144 Å². The second-order valence-corrected chi connectivity index (χ2v) is 5.62. The van der Waals surface area contributed by atoms with Crippen LogP contribution in [0.2, 0.25) is 0 Å². The van der Waals surface area contributed by atoms with E-state index < -0.39 is 6.10 Å². The zero-order valence-corrected chi connectivity index (χ0v) is 14.5. The van der Waals surface area contributed by atoms with Crippen molar-refractivity contribution in [2.45, 2.75) is 32.9 Å². The number of aliphatic hydroxyl groups excluding tert-OH is 1. The number of rotatable bonds is 10. The van der Waals surface area contributed by atoms with Gasteiger partial charge in [-0.25, -0.2) is 0 Å². The fourth-order valence-electron chi connectivity index (χ4n) is 2.41. The van der Waals surface area contributed by atoms with Gasteiger partial charge in [0.2, 0.25) is 0 Å². The molecule has 0 unspecified atom stereocenters. The minimum absolute atomic E-state index is 0.502. The van der Waals surface area contributed by atoms with Gasteiger partial charge in [0.25, 0.3) is 0 Å².